The number of anilines is 1. The number of nitrogens with zero attached hydrogens (tertiary/aromatic N) is 3. The number of ketones is 1. The summed E-state index contributed by atoms with van der Waals surface area (Å²) in [7, 11) is 1.35. The Balaban J connectivity index is 1.73. The topological polar surface area (TPSA) is 86.1 Å². The number of ether oxygens (including phenoxy) is 1. The molecule has 0 saturated heterocycles. The van der Waals surface area contributed by atoms with Crippen molar-refractivity contribution in [3.8, 4) is 5.69 Å². The molecular formula is C21H22N4O3S2. The molecule has 0 atom stereocenters. The molecule has 3 rings (SSSR count). The van der Waals surface area contributed by atoms with Crippen LogP contribution in [-0.2, 0) is 4.74 Å². The zero-order valence-electron chi connectivity index (χ0n) is 17.0. The van der Waals surface area contributed by atoms with Gasteiger partial charge in [0.05, 0.1) is 18.4 Å². The van der Waals surface area contributed by atoms with Crippen LogP contribution in [0.1, 0.15) is 32.1 Å². The molecule has 0 spiro atoms. The molecule has 0 fully saturated rings. The van der Waals surface area contributed by atoms with Crippen LogP contribution in [0.4, 0.5) is 5.13 Å². The van der Waals surface area contributed by atoms with E-state index in [-0.39, 0.29) is 17.5 Å². The van der Waals surface area contributed by atoms with Crippen molar-refractivity contribution in [2.75, 3.05) is 24.7 Å². The second-order valence-corrected chi connectivity index (χ2v) is 8.61. The van der Waals surface area contributed by atoms with Gasteiger partial charge in [0.15, 0.2) is 10.1 Å². The van der Waals surface area contributed by atoms with Crippen LogP contribution in [0.2, 0.25) is 0 Å². The highest BCUT2D eigenvalue weighted by atomic mass is 32.2. The van der Waals surface area contributed by atoms with E-state index in [0.29, 0.717) is 22.8 Å². The highest BCUT2D eigenvalue weighted by Crippen LogP contribution is 2.28. The number of rotatable bonds is 9. The van der Waals surface area contributed by atoms with Crippen LogP contribution in [0.15, 0.2) is 47.3 Å². The Bertz CT molecular complexity index is 1070. The van der Waals surface area contributed by atoms with Gasteiger partial charge in [0.25, 0.3) is 0 Å². The van der Waals surface area contributed by atoms with Crippen molar-refractivity contribution < 1.29 is 14.3 Å². The van der Waals surface area contributed by atoms with Gasteiger partial charge in [0.2, 0.25) is 5.13 Å². The number of carbonyl (C=O) groups is 2. The average Bonchev–Trinajstić information content (AvgIpc) is 3.33. The number of nitrogens with one attached hydrogen (secondary N) is 1. The van der Waals surface area contributed by atoms with E-state index in [2.05, 4.69) is 22.1 Å². The molecule has 0 amide bonds. The van der Waals surface area contributed by atoms with Crippen molar-refractivity contribution in [2.45, 2.75) is 18.2 Å². The molecule has 0 aliphatic heterocycles. The van der Waals surface area contributed by atoms with E-state index >= 15 is 0 Å². The Morgan fingerprint density at radius 2 is 2.00 bits per heavy atom. The maximum Gasteiger partial charge on any atom is 0.337 e. The minimum atomic E-state index is -0.380. The van der Waals surface area contributed by atoms with Gasteiger partial charge in [-0.05, 0) is 44.2 Å². The second kappa shape index (κ2) is 9.73. The lowest BCUT2D eigenvalue weighted by atomic mass is 10.2. The quantitative estimate of drug-likeness (QED) is 0.229. The molecule has 0 aliphatic carbocycles. The first-order valence-corrected chi connectivity index (χ1v) is 11.0. The van der Waals surface area contributed by atoms with Gasteiger partial charge in [-0.25, -0.2) is 4.79 Å². The average molecular weight is 443 g/mol. The maximum atomic E-state index is 12.8. The van der Waals surface area contributed by atoms with Crippen LogP contribution in [0.5, 0.6) is 0 Å². The van der Waals surface area contributed by atoms with Crippen molar-refractivity contribution in [3.63, 3.8) is 0 Å². The summed E-state index contributed by atoms with van der Waals surface area (Å²) in [5.41, 5.74) is 3.83. The number of aryl methyl sites for hydroxylation is 1. The maximum absolute atomic E-state index is 12.8. The lowest BCUT2D eigenvalue weighted by molar-refractivity contribution is 0.0600. The molecule has 0 aliphatic rings. The zero-order valence-corrected chi connectivity index (χ0v) is 18.6. The number of carbonyl (C=O) groups excluding carboxylic acids is 2. The summed E-state index contributed by atoms with van der Waals surface area (Å²) in [5.74, 6) is -0.0713. The highest BCUT2D eigenvalue weighted by molar-refractivity contribution is 8.01. The molecule has 0 radical (unpaired) electrons. The summed E-state index contributed by atoms with van der Waals surface area (Å²) in [4.78, 5) is 24.5. The van der Waals surface area contributed by atoms with Crippen LogP contribution >= 0.6 is 23.1 Å². The lowest BCUT2D eigenvalue weighted by Gasteiger charge is -2.10. The number of methoxy groups -OCH3 is 1. The van der Waals surface area contributed by atoms with E-state index in [1.54, 1.807) is 18.2 Å². The van der Waals surface area contributed by atoms with Gasteiger partial charge in [-0.2, -0.15) is 0 Å². The zero-order chi connectivity index (χ0) is 21.7. The summed E-state index contributed by atoms with van der Waals surface area (Å²) >= 11 is 2.79. The third kappa shape index (κ3) is 4.80. The van der Waals surface area contributed by atoms with Crippen LogP contribution in [0.25, 0.3) is 5.69 Å². The molecule has 2 aromatic heterocycles. The van der Waals surface area contributed by atoms with E-state index < -0.39 is 0 Å². The number of benzene rings is 1. The van der Waals surface area contributed by atoms with E-state index in [4.69, 9.17) is 4.74 Å². The summed E-state index contributed by atoms with van der Waals surface area (Å²) in [6, 6.07) is 9.00. The normalized spacial score (nSPS) is 10.6. The minimum Gasteiger partial charge on any atom is -0.465 e. The van der Waals surface area contributed by atoms with Gasteiger partial charge < -0.3 is 14.6 Å². The summed E-state index contributed by atoms with van der Waals surface area (Å²) in [5, 5.41) is 11.9. The molecule has 2 heterocycles. The Morgan fingerprint density at radius 1 is 1.27 bits per heavy atom. The van der Waals surface area contributed by atoms with Crippen molar-refractivity contribution in [3.05, 3.63) is 65.5 Å². The first-order chi connectivity index (χ1) is 14.4. The predicted octanol–water partition coefficient (Wildman–Crippen LogP) is 4.31. The summed E-state index contributed by atoms with van der Waals surface area (Å²) in [6.07, 6.45) is 1.75. The predicted molar refractivity (Wildman–Crippen MR) is 120 cm³/mol. The molecule has 0 bridgehead atoms. The monoisotopic (exact) mass is 442 g/mol. The molecule has 1 N–H and O–H groups in total. The van der Waals surface area contributed by atoms with Crippen molar-refractivity contribution in [2.24, 2.45) is 0 Å². The number of hydrogen-bond acceptors (Lipinski definition) is 8. The molecule has 1 aromatic carbocycles. The number of hydrogen-bond donors (Lipinski definition) is 1. The van der Waals surface area contributed by atoms with Gasteiger partial charge in [-0.3, -0.25) is 4.79 Å². The number of esters is 1. The van der Waals surface area contributed by atoms with Crippen molar-refractivity contribution in [1.82, 2.24) is 14.8 Å². The number of Topliss-reactive ketones (excluding diaryl/α,β-unsaturated/α-hetero) is 1. The van der Waals surface area contributed by atoms with Gasteiger partial charge in [-0.1, -0.05) is 29.2 Å². The van der Waals surface area contributed by atoms with Crippen molar-refractivity contribution >= 4 is 40.0 Å². The summed E-state index contributed by atoms with van der Waals surface area (Å²) < 4.78 is 7.48. The summed E-state index contributed by atoms with van der Waals surface area (Å²) in [6.45, 7) is 8.14. The molecule has 30 heavy (non-hydrogen) atoms. The molecular weight excluding hydrogens is 420 g/mol. The SMILES string of the molecule is C=CCNc1nnc(SCC(=O)c2cc(C)n(-c3ccc(C(=O)OC)cc3)c2C)s1. The number of thioether (sulfide) groups is 1. The van der Waals surface area contributed by atoms with Gasteiger partial charge >= 0.3 is 5.97 Å². The minimum absolute atomic E-state index is 0.0290. The van der Waals surface area contributed by atoms with Crippen LogP contribution in [0, 0.1) is 13.8 Å². The fourth-order valence-electron chi connectivity index (χ4n) is 3.01. The number of aromatic nitrogens is 3. The first-order valence-electron chi connectivity index (χ1n) is 9.16. The third-order valence-corrected chi connectivity index (χ3v) is 6.42. The molecule has 3 aromatic rings. The van der Waals surface area contributed by atoms with Crippen LogP contribution in [-0.4, -0.2) is 45.9 Å². The molecule has 9 heteroatoms. The fraction of sp³-hybridized carbons (Fsp3) is 0.238. The Hall–Kier alpha value is -2.91. The fourth-order valence-corrected chi connectivity index (χ4v) is 4.65. The smallest absolute Gasteiger partial charge is 0.337 e. The Kier molecular flexibility index (Phi) is 7.07. The van der Waals surface area contributed by atoms with E-state index in [1.807, 2.05) is 36.6 Å². The van der Waals surface area contributed by atoms with Crippen LogP contribution in [0.3, 0.4) is 0 Å². The highest BCUT2D eigenvalue weighted by Gasteiger charge is 2.18. The van der Waals surface area contributed by atoms with Crippen LogP contribution < -0.4 is 5.32 Å². The largest absolute Gasteiger partial charge is 0.465 e. The van der Waals surface area contributed by atoms with E-state index in [9.17, 15) is 9.59 Å². The standard InChI is InChI=1S/C21H22N4O3S2/c1-5-10-22-20-23-24-21(30-20)29-12-18(26)17-11-13(2)25(14(17)3)16-8-6-15(7-9-16)19(27)28-4/h5-9,11H,1,10,12H2,2-4H3,(H,22,23). The second-order valence-electron chi connectivity index (χ2n) is 6.41. The van der Waals surface area contributed by atoms with E-state index in [0.717, 1.165) is 21.4 Å². The Morgan fingerprint density at radius 3 is 2.67 bits per heavy atom. The Labute approximate surface area is 183 Å². The van der Waals surface area contributed by atoms with Gasteiger partial charge in [0.1, 0.15) is 0 Å². The molecule has 0 saturated carbocycles. The van der Waals surface area contributed by atoms with Gasteiger partial charge in [0, 0.05) is 29.2 Å². The lowest BCUT2D eigenvalue weighted by Crippen LogP contribution is -2.06. The van der Waals surface area contributed by atoms with Gasteiger partial charge in [-0.15, -0.1) is 16.8 Å². The molecule has 0 unspecified atom stereocenters. The van der Waals surface area contributed by atoms with Crippen molar-refractivity contribution in [1.29, 1.82) is 0 Å². The third-order valence-electron chi connectivity index (χ3n) is 4.41. The molecule has 156 valence electrons. The molecule has 7 nitrogen and oxygen atoms in total. The van der Waals surface area contributed by atoms with E-state index in [1.165, 1.54) is 30.2 Å². The first kappa shape index (κ1) is 21.8.